The van der Waals surface area contributed by atoms with Gasteiger partial charge in [-0.15, -0.1) is 0 Å². The van der Waals surface area contributed by atoms with Gasteiger partial charge in [0.1, 0.15) is 5.76 Å². The Hall–Kier alpha value is -2.12. The molecule has 2 aromatic heterocycles. The number of carbonyl (C=O) groups is 1. The highest BCUT2D eigenvalue weighted by atomic mass is 16.5. The van der Waals surface area contributed by atoms with Gasteiger partial charge in [-0.05, 0) is 12.1 Å². The molecule has 0 N–H and O–H groups in total. The summed E-state index contributed by atoms with van der Waals surface area (Å²) in [6.45, 7) is 4.90. The summed E-state index contributed by atoms with van der Waals surface area (Å²) >= 11 is 0. The first kappa shape index (κ1) is 16.4. The maximum atomic E-state index is 12.5. The third-order valence-electron chi connectivity index (χ3n) is 5.04. The van der Waals surface area contributed by atoms with Crippen LogP contribution in [0.4, 0.5) is 0 Å². The van der Waals surface area contributed by atoms with Crippen molar-refractivity contribution in [2.45, 2.75) is 19.1 Å². The molecule has 0 aliphatic carbocycles. The van der Waals surface area contributed by atoms with Gasteiger partial charge in [0, 0.05) is 57.4 Å². The van der Waals surface area contributed by atoms with E-state index < -0.39 is 0 Å². The van der Waals surface area contributed by atoms with Gasteiger partial charge in [0.05, 0.1) is 31.6 Å². The summed E-state index contributed by atoms with van der Waals surface area (Å²) in [4.78, 5) is 16.8. The molecule has 2 atom stereocenters. The Balaban J connectivity index is 1.36. The Morgan fingerprint density at radius 1 is 1.36 bits per heavy atom. The first-order valence-corrected chi connectivity index (χ1v) is 8.79. The van der Waals surface area contributed by atoms with Crippen LogP contribution in [0.15, 0.2) is 35.2 Å². The van der Waals surface area contributed by atoms with E-state index in [9.17, 15) is 4.79 Å². The van der Waals surface area contributed by atoms with Crippen LogP contribution in [0.3, 0.4) is 0 Å². The van der Waals surface area contributed by atoms with E-state index in [0.717, 1.165) is 31.9 Å². The zero-order valence-corrected chi connectivity index (χ0v) is 14.5. The lowest BCUT2D eigenvalue weighted by molar-refractivity contribution is -0.130. The van der Waals surface area contributed by atoms with Crippen molar-refractivity contribution in [3.8, 4) is 0 Å². The molecule has 4 heterocycles. The van der Waals surface area contributed by atoms with Crippen molar-refractivity contribution >= 4 is 5.91 Å². The van der Waals surface area contributed by atoms with E-state index in [4.69, 9.17) is 9.15 Å². The van der Waals surface area contributed by atoms with Crippen LogP contribution < -0.4 is 0 Å². The number of furan rings is 1. The minimum atomic E-state index is 0.116. The van der Waals surface area contributed by atoms with Gasteiger partial charge < -0.3 is 14.1 Å². The van der Waals surface area contributed by atoms with Crippen molar-refractivity contribution in [3.05, 3.63) is 42.1 Å². The molecule has 1 amide bonds. The molecule has 0 bridgehead atoms. The van der Waals surface area contributed by atoms with Crippen LogP contribution in [0, 0.1) is 5.92 Å². The first-order chi connectivity index (χ1) is 12.2. The highest BCUT2D eigenvalue weighted by Crippen LogP contribution is 2.25. The SMILES string of the molecule is Cn1cc(CN2CCO[C@@H]3CN(C(=O)Cc4ccco4)C[C@@H]3C2)cn1. The van der Waals surface area contributed by atoms with Crippen molar-refractivity contribution in [2.75, 3.05) is 32.8 Å². The molecule has 0 unspecified atom stereocenters. The highest BCUT2D eigenvalue weighted by Gasteiger charge is 2.38. The first-order valence-electron chi connectivity index (χ1n) is 8.79. The fraction of sp³-hybridized carbons (Fsp3) is 0.556. The van der Waals surface area contributed by atoms with Gasteiger partial charge in [-0.1, -0.05) is 0 Å². The second-order valence-electron chi connectivity index (χ2n) is 6.98. The van der Waals surface area contributed by atoms with Crippen molar-refractivity contribution in [3.63, 3.8) is 0 Å². The molecule has 0 radical (unpaired) electrons. The second kappa shape index (κ2) is 7.01. The van der Waals surface area contributed by atoms with Gasteiger partial charge in [-0.3, -0.25) is 14.4 Å². The second-order valence-corrected chi connectivity index (χ2v) is 6.98. The van der Waals surface area contributed by atoms with E-state index in [1.807, 2.05) is 35.0 Å². The number of carbonyl (C=O) groups excluding carboxylic acids is 1. The quantitative estimate of drug-likeness (QED) is 0.825. The number of nitrogens with zero attached hydrogens (tertiary/aromatic N) is 4. The molecule has 2 saturated heterocycles. The molecular formula is C18H24N4O3. The number of likely N-dealkylation sites (tertiary alicyclic amines) is 1. The van der Waals surface area contributed by atoms with Crippen molar-refractivity contribution in [1.29, 1.82) is 0 Å². The van der Waals surface area contributed by atoms with E-state index in [-0.39, 0.29) is 12.0 Å². The van der Waals surface area contributed by atoms with Gasteiger partial charge in [-0.2, -0.15) is 5.10 Å². The number of aryl methyl sites for hydroxylation is 1. The van der Waals surface area contributed by atoms with E-state index in [2.05, 4.69) is 16.2 Å². The van der Waals surface area contributed by atoms with E-state index in [0.29, 0.717) is 25.5 Å². The topological polar surface area (TPSA) is 63.7 Å². The number of hydrogen-bond acceptors (Lipinski definition) is 5. The average molecular weight is 344 g/mol. The number of fused-ring (bicyclic) bond motifs is 1. The van der Waals surface area contributed by atoms with Crippen LogP contribution in [0.1, 0.15) is 11.3 Å². The summed E-state index contributed by atoms with van der Waals surface area (Å²) in [7, 11) is 1.94. The summed E-state index contributed by atoms with van der Waals surface area (Å²) in [6, 6.07) is 3.66. The predicted octanol–water partition coefficient (Wildman–Crippen LogP) is 0.915. The lowest BCUT2D eigenvalue weighted by Gasteiger charge is -2.22. The molecule has 7 heteroatoms. The van der Waals surface area contributed by atoms with Gasteiger partial charge in [-0.25, -0.2) is 0 Å². The zero-order valence-electron chi connectivity index (χ0n) is 14.5. The van der Waals surface area contributed by atoms with Crippen molar-refractivity contribution in [1.82, 2.24) is 19.6 Å². The minimum Gasteiger partial charge on any atom is -0.469 e. The van der Waals surface area contributed by atoms with Crippen LogP contribution >= 0.6 is 0 Å². The zero-order chi connectivity index (χ0) is 17.2. The van der Waals surface area contributed by atoms with Crippen molar-refractivity contribution in [2.24, 2.45) is 13.0 Å². The monoisotopic (exact) mass is 344 g/mol. The van der Waals surface area contributed by atoms with Crippen LogP contribution in [0.25, 0.3) is 0 Å². The predicted molar refractivity (Wildman–Crippen MR) is 90.7 cm³/mol. The molecule has 134 valence electrons. The number of hydrogen-bond donors (Lipinski definition) is 0. The Morgan fingerprint density at radius 3 is 3.04 bits per heavy atom. The molecule has 0 spiro atoms. The average Bonchev–Trinajstić information content (AvgIpc) is 3.29. The maximum Gasteiger partial charge on any atom is 0.230 e. The number of amides is 1. The molecule has 2 aliphatic rings. The molecule has 0 saturated carbocycles. The lowest BCUT2D eigenvalue weighted by atomic mass is 10.1. The summed E-state index contributed by atoms with van der Waals surface area (Å²) in [5.74, 6) is 1.20. The molecule has 4 rings (SSSR count). The van der Waals surface area contributed by atoms with E-state index in [1.165, 1.54) is 5.56 Å². The maximum absolute atomic E-state index is 12.5. The van der Waals surface area contributed by atoms with Crippen molar-refractivity contribution < 1.29 is 13.9 Å². The number of aromatic nitrogens is 2. The summed E-state index contributed by atoms with van der Waals surface area (Å²) in [5, 5.41) is 4.24. The summed E-state index contributed by atoms with van der Waals surface area (Å²) < 4.78 is 13.2. The van der Waals surface area contributed by atoms with Gasteiger partial charge in [0.25, 0.3) is 0 Å². The third kappa shape index (κ3) is 3.77. The number of ether oxygens (including phenoxy) is 1. The van der Waals surface area contributed by atoms with Crippen LogP contribution in [0.5, 0.6) is 0 Å². The van der Waals surface area contributed by atoms with Gasteiger partial charge in [0.15, 0.2) is 0 Å². The molecule has 7 nitrogen and oxygen atoms in total. The largest absolute Gasteiger partial charge is 0.469 e. The molecule has 2 aliphatic heterocycles. The fourth-order valence-corrected chi connectivity index (χ4v) is 3.79. The van der Waals surface area contributed by atoms with Crippen LogP contribution in [-0.4, -0.2) is 64.4 Å². The minimum absolute atomic E-state index is 0.116. The summed E-state index contributed by atoms with van der Waals surface area (Å²) in [5.41, 5.74) is 1.21. The molecule has 2 aromatic rings. The lowest BCUT2D eigenvalue weighted by Crippen LogP contribution is -2.34. The molecule has 25 heavy (non-hydrogen) atoms. The van der Waals surface area contributed by atoms with Crippen LogP contribution in [0.2, 0.25) is 0 Å². The standard InChI is InChI=1S/C18H24N4O3/c1-20-9-14(8-19-20)10-21-4-6-25-17-13-22(12-15(17)11-21)18(23)7-16-3-2-5-24-16/h2-3,5,8-9,15,17H,4,6-7,10-13H2,1H3/t15-,17+/m0/s1. The smallest absolute Gasteiger partial charge is 0.230 e. The highest BCUT2D eigenvalue weighted by molar-refractivity contribution is 5.78. The molecule has 0 aromatic carbocycles. The van der Waals surface area contributed by atoms with Crippen LogP contribution in [-0.2, 0) is 29.5 Å². The Morgan fingerprint density at radius 2 is 2.28 bits per heavy atom. The molecular weight excluding hydrogens is 320 g/mol. The summed E-state index contributed by atoms with van der Waals surface area (Å²) in [6.07, 6.45) is 6.04. The fourth-order valence-electron chi connectivity index (χ4n) is 3.79. The van der Waals surface area contributed by atoms with E-state index >= 15 is 0 Å². The Kier molecular flexibility index (Phi) is 4.59. The normalized spacial score (nSPS) is 24.3. The van der Waals surface area contributed by atoms with Gasteiger partial charge >= 0.3 is 0 Å². The Bertz CT molecular complexity index is 712. The third-order valence-corrected chi connectivity index (χ3v) is 5.04. The Labute approximate surface area is 147 Å². The van der Waals surface area contributed by atoms with E-state index in [1.54, 1.807) is 6.26 Å². The molecule has 2 fully saturated rings. The number of rotatable bonds is 4. The van der Waals surface area contributed by atoms with Gasteiger partial charge in [0.2, 0.25) is 5.91 Å².